The Morgan fingerprint density at radius 1 is 0.575 bits per heavy atom. The fourth-order valence-electron chi connectivity index (χ4n) is 3.20. The first-order valence-corrected chi connectivity index (χ1v) is 13.0. The van der Waals surface area contributed by atoms with Crippen molar-refractivity contribution in [3.05, 3.63) is 73.8 Å². The first-order chi connectivity index (χ1) is 19.4. The maximum atomic E-state index is 12.0. The molecule has 0 spiro atoms. The Balaban J connectivity index is 1.66. The van der Waals surface area contributed by atoms with Crippen LogP contribution in [0.1, 0.15) is 51.4 Å². The molecule has 0 aliphatic rings. The molecule has 40 heavy (non-hydrogen) atoms. The molecule has 0 bridgehead atoms. The van der Waals surface area contributed by atoms with E-state index in [1.54, 1.807) is 48.5 Å². The molecule has 0 fully saturated rings. The van der Waals surface area contributed by atoms with Gasteiger partial charge >= 0.3 is 23.9 Å². The summed E-state index contributed by atoms with van der Waals surface area (Å²) in [5.74, 6) is -0.775. The second-order valence-corrected chi connectivity index (χ2v) is 8.50. The van der Waals surface area contributed by atoms with Gasteiger partial charge in [-0.15, -0.1) is 0 Å². The molecule has 0 aliphatic carbocycles. The summed E-state index contributed by atoms with van der Waals surface area (Å²) in [7, 11) is 0. The van der Waals surface area contributed by atoms with Gasteiger partial charge in [-0.1, -0.05) is 13.2 Å². The summed E-state index contributed by atoms with van der Waals surface area (Å²) in [5.41, 5.74) is 1.15. The molecule has 0 saturated carbocycles. The monoisotopic (exact) mass is 550 g/mol. The van der Waals surface area contributed by atoms with Crippen molar-refractivity contribution < 1.29 is 38.1 Å². The van der Waals surface area contributed by atoms with Gasteiger partial charge in [0, 0.05) is 25.0 Å². The molecule has 2 aromatic carbocycles. The van der Waals surface area contributed by atoms with Crippen molar-refractivity contribution in [1.29, 1.82) is 0 Å². The number of hydrogen-bond acceptors (Lipinski definition) is 10. The molecule has 0 atom stereocenters. The second-order valence-electron chi connectivity index (χ2n) is 8.50. The van der Waals surface area contributed by atoms with Crippen LogP contribution < -0.4 is 9.47 Å². The normalized spacial score (nSPS) is 10.5. The summed E-state index contributed by atoms with van der Waals surface area (Å²) in [6.07, 6.45) is 6.82. The Morgan fingerprint density at radius 3 is 1.30 bits per heavy atom. The quantitative estimate of drug-likeness (QED) is 0.0677. The summed E-state index contributed by atoms with van der Waals surface area (Å²) in [6, 6.07) is 13.3. The van der Waals surface area contributed by atoms with Crippen LogP contribution in [0.15, 0.2) is 84.1 Å². The Bertz CT molecular complexity index is 1070. The lowest BCUT2D eigenvalue weighted by molar-refractivity contribution is -0.138. The van der Waals surface area contributed by atoms with Crippen molar-refractivity contribution in [3.63, 3.8) is 0 Å². The maximum absolute atomic E-state index is 12.0. The Hall–Kier alpha value is -4.60. The van der Waals surface area contributed by atoms with E-state index in [1.807, 2.05) is 0 Å². The number of rotatable bonds is 18. The smallest absolute Gasteiger partial charge is 0.330 e. The summed E-state index contributed by atoms with van der Waals surface area (Å²) in [6.45, 7) is 7.25. The van der Waals surface area contributed by atoms with Gasteiger partial charge in [0.05, 0.1) is 24.6 Å². The van der Waals surface area contributed by atoms with Crippen LogP contribution >= 0.6 is 0 Å². The van der Waals surface area contributed by atoms with E-state index >= 15 is 0 Å². The van der Waals surface area contributed by atoms with Crippen LogP contribution in [-0.2, 0) is 28.7 Å². The van der Waals surface area contributed by atoms with Gasteiger partial charge in [-0.25, -0.2) is 9.59 Å². The highest BCUT2D eigenvalue weighted by molar-refractivity contribution is 5.81. The molecule has 10 heteroatoms. The molecule has 0 radical (unpaired) electrons. The van der Waals surface area contributed by atoms with Gasteiger partial charge in [-0.05, 0) is 87.1 Å². The van der Waals surface area contributed by atoms with Gasteiger partial charge in [-0.2, -0.15) is 10.2 Å². The van der Waals surface area contributed by atoms with Crippen LogP contribution in [0.2, 0.25) is 0 Å². The Morgan fingerprint density at radius 2 is 0.950 bits per heavy atom. The van der Waals surface area contributed by atoms with E-state index in [1.165, 1.54) is 0 Å². The van der Waals surface area contributed by atoms with Crippen LogP contribution in [0.4, 0.5) is 11.4 Å². The van der Waals surface area contributed by atoms with Crippen LogP contribution in [0, 0.1) is 0 Å². The SMILES string of the molecule is C=CC(=O)OCCCCCC(=O)Oc1ccc(N=Nc2ccc(OC(=O)CCCCCOC(=O)C=C)cc2)cc1. The third-order valence-corrected chi connectivity index (χ3v) is 5.29. The molecule has 0 aliphatic heterocycles. The van der Waals surface area contributed by atoms with Crippen LogP contribution in [0.5, 0.6) is 11.5 Å². The number of carbonyl (C=O) groups excluding carboxylic acids is 4. The minimum absolute atomic E-state index is 0.261. The predicted octanol–water partition coefficient (Wildman–Crippen LogP) is 6.49. The van der Waals surface area contributed by atoms with Crippen LogP contribution in [0.3, 0.4) is 0 Å². The Kier molecular flexibility index (Phi) is 14.7. The summed E-state index contributed by atoms with van der Waals surface area (Å²) >= 11 is 0. The number of ether oxygens (including phenoxy) is 4. The average Bonchev–Trinajstić information content (AvgIpc) is 2.96. The zero-order valence-electron chi connectivity index (χ0n) is 22.4. The topological polar surface area (TPSA) is 130 Å². The number of nitrogens with zero attached hydrogens (tertiary/aromatic N) is 2. The van der Waals surface area contributed by atoms with E-state index < -0.39 is 11.9 Å². The van der Waals surface area contributed by atoms with Crippen molar-refractivity contribution in [3.8, 4) is 11.5 Å². The molecule has 0 saturated heterocycles. The highest BCUT2D eigenvalue weighted by atomic mass is 16.5. The van der Waals surface area contributed by atoms with Gasteiger partial charge in [0.25, 0.3) is 0 Å². The van der Waals surface area contributed by atoms with Crippen molar-refractivity contribution in [2.45, 2.75) is 51.4 Å². The number of hydrogen-bond donors (Lipinski definition) is 0. The molecule has 212 valence electrons. The van der Waals surface area contributed by atoms with Crippen LogP contribution in [0.25, 0.3) is 0 Å². The molecule has 0 N–H and O–H groups in total. The highest BCUT2D eigenvalue weighted by Crippen LogP contribution is 2.23. The number of benzene rings is 2. The first-order valence-electron chi connectivity index (χ1n) is 13.0. The number of unbranched alkanes of at least 4 members (excludes halogenated alkanes) is 4. The summed E-state index contributed by atoms with van der Waals surface area (Å²) in [4.78, 5) is 45.9. The van der Waals surface area contributed by atoms with E-state index in [0.29, 0.717) is 61.8 Å². The van der Waals surface area contributed by atoms with Gasteiger partial charge < -0.3 is 18.9 Å². The number of carbonyl (C=O) groups is 4. The second kappa shape index (κ2) is 18.6. The summed E-state index contributed by atoms with van der Waals surface area (Å²) < 4.78 is 20.4. The third kappa shape index (κ3) is 13.8. The van der Waals surface area contributed by atoms with E-state index in [4.69, 9.17) is 18.9 Å². The molecule has 0 amide bonds. The van der Waals surface area contributed by atoms with Gasteiger partial charge in [-0.3, -0.25) is 9.59 Å². The molecule has 2 rings (SSSR count). The first kappa shape index (κ1) is 31.6. The van der Waals surface area contributed by atoms with E-state index in [-0.39, 0.29) is 24.8 Å². The fourth-order valence-corrected chi connectivity index (χ4v) is 3.20. The zero-order valence-corrected chi connectivity index (χ0v) is 22.4. The molecular weight excluding hydrogens is 516 g/mol. The van der Waals surface area contributed by atoms with Gasteiger partial charge in [0.2, 0.25) is 0 Å². The van der Waals surface area contributed by atoms with E-state index in [2.05, 4.69) is 23.4 Å². The summed E-state index contributed by atoms with van der Waals surface area (Å²) in [5, 5.41) is 8.33. The van der Waals surface area contributed by atoms with Crippen LogP contribution in [-0.4, -0.2) is 37.1 Å². The number of azo groups is 1. The van der Waals surface area contributed by atoms with Gasteiger partial charge in [0.15, 0.2) is 0 Å². The highest BCUT2D eigenvalue weighted by Gasteiger charge is 2.07. The van der Waals surface area contributed by atoms with Crippen molar-refractivity contribution in [1.82, 2.24) is 0 Å². The molecule has 0 heterocycles. The lowest BCUT2D eigenvalue weighted by atomic mass is 10.2. The fraction of sp³-hybridized carbons (Fsp3) is 0.333. The van der Waals surface area contributed by atoms with Gasteiger partial charge in [0.1, 0.15) is 11.5 Å². The molecule has 0 aromatic heterocycles. The third-order valence-electron chi connectivity index (χ3n) is 5.29. The van der Waals surface area contributed by atoms with E-state index in [0.717, 1.165) is 25.0 Å². The predicted molar refractivity (Wildman–Crippen MR) is 148 cm³/mol. The largest absolute Gasteiger partial charge is 0.463 e. The van der Waals surface area contributed by atoms with Crippen molar-refractivity contribution in [2.75, 3.05) is 13.2 Å². The molecule has 2 aromatic rings. The minimum Gasteiger partial charge on any atom is -0.463 e. The van der Waals surface area contributed by atoms with Crippen molar-refractivity contribution >= 4 is 35.3 Å². The lowest BCUT2D eigenvalue weighted by Crippen LogP contribution is -2.08. The molecule has 10 nitrogen and oxygen atoms in total. The minimum atomic E-state index is -0.453. The average molecular weight is 551 g/mol. The van der Waals surface area contributed by atoms with E-state index in [9.17, 15) is 19.2 Å². The molecule has 0 unspecified atom stereocenters. The van der Waals surface area contributed by atoms with Crippen molar-refractivity contribution in [2.24, 2.45) is 10.2 Å². The maximum Gasteiger partial charge on any atom is 0.330 e. The zero-order chi connectivity index (χ0) is 29.0. The molecular formula is C30H34N2O8. The Labute approximate surface area is 233 Å². The standard InChI is InChI=1S/C30H34N2O8/c1-3-27(33)37-21-9-5-7-11-29(35)39-25-17-13-23(14-18-25)31-32-24-15-19-26(20-16-24)40-30(36)12-8-6-10-22-38-28(34)4-2/h3-4,13-20H,1-2,5-12,21-22H2. The number of esters is 4. The lowest BCUT2D eigenvalue weighted by Gasteiger charge is -2.05.